The van der Waals surface area contributed by atoms with Crippen LogP contribution in [0.1, 0.15) is 74.3 Å². The molecule has 4 aromatic rings. The topological polar surface area (TPSA) is 173 Å². The average molecular weight is 782 g/mol. The molecule has 0 spiro atoms. The number of hydrogen-bond acceptors (Lipinski definition) is 8. The number of aromatic hydroxyl groups is 4. The Balaban J connectivity index is 0.000000198. The van der Waals surface area contributed by atoms with E-state index in [4.69, 9.17) is 23.2 Å². The summed E-state index contributed by atoms with van der Waals surface area (Å²) in [7, 11) is -7.34. The van der Waals surface area contributed by atoms with Gasteiger partial charge in [-0.05, 0) is 129 Å². The van der Waals surface area contributed by atoms with E-state index in [-0.39, 0.29) is 61.7 Å². The van der Waals surface area contributed by atoms with Crippen LogP contribution < -0.4 is 9.44 Å². The highest BCUT2D eigenvalue weighted by molar-refractivity contribution is 7.89. The third kappa shape index (κ3) is 10.1. The predicted octanol–water partition coefficient (Wildman–Crippen LogP) is 7.65. The predicted molar refractivity (Wildman–Crippen MR) is 193 cm³/mol. The summed E-state index contributed by atoms with van der Waals surface area (Å²) in [6.07, 6.45) is 5.55. The van der Waals surface area contributed by atoms with Gasteiger partial charge in [0.25, 0.3) is 0 Å². The fourth-order valence-electron chi connectivity index (χ4n) is 6.63. The van der Waals surface area contributed by atoms with E-state index >= 15 is 0 Å². The first kappa shape index (κ1) is 38.6. The van der Waals surface area contributed by atoms with E-state index in [1.165, 1.54) is 36.4 Å². The van der Waals surface area contributed by atoms with E-state index in [0.717, 1.165) is 36.1 Å². The second kappa shape index (κ2) is 16.4. The number of rotatable bonds is 8. The monoisotopic (exact) mass is 780 g/mol. The molecular formula is C36H39Cl2FN2O8S2. The maximum absolute atomic E-state index is 13.2. The van der Waals surface area contributed by atoms with Gasteiger partial charge in [-0.15, -0.1) is 0 Å². The van der Waals surface area contributed by atoms with Crippen molar-refractivity contribution in [3.05, 3.63) is 106 Å². The molecule has 15 heteroatoms. The highest BCUT2D eigenvalue weighted by Gasteiger charge is 2.29. The Kier molecular flexibility index (Phi) is 12.4. The quantitative estimate of drug-likeness (QED) is 0.106. The van der Waals surface area contributed by atoms with E-state index in [1.54, 1.807) is 30.3 Å². The van der Waals surface area contributed by atoms with Gasteiger partial charge < -0.3 is 20.4 Å². The summed E-state index contributed by atoms with van der Waals surface area (Å²) in [5, 5.41) is 39.0. The lowest BCUT2D eigenvalue weighted by Crippen LogP contribution is -2.37. The van der Waals surface area contributed by atoms with Gasteiger partial charge in [-0.3, -0.25) is 0 Å². The summed E-state index contributed by atoms with van der Waals surface area (Å²) in [6.45, 7) is 0. The molecule has 0 heterocycles. The molecule has 0 saturated heterocycles. The minimum absolute atomic E-state index is 0.00524. The van der Waals surface area contributed by atoms with Gasteiger partial charge >= 0.3 is 0 Å². The smallest absolute Gasteiger partial charge is 0.240 e. The van der Waals surface area contributed by atoms with Gasteiger partial charge in [0.05, 0.1) is 14.8 Å². The van der Waals surface area contributed by atoms with Crippen LogP contribution >= 0.6 is 23.2 Å². The van der Waals surface area contributed by atoms with E-state index < -0.39 is 25.9 Å². The van der Waals surface area contributed by atoms with Gasteiger partial charge in [0, 0.05) is 29.2 Å². The number of hydrogen-bond donors (Lipinski definition) is 6. The van der Waals surface area contributed by atoms with Crippen molar-refractivity contribution in [1.82, 2.24) is 9.44 Å². The molecule has 2 aliphatic rings. The Morgan fingerprint density at radius 2 is 0.961 bits per heavy atom. The third-order valence-electron chi connectivity index (χ3n) is 9.33. The first-order chi connectivity index (χ1) is 24.1. The first-order valence-corrected chi connectivity index (χ1v) is 20.1. The van der Waals surface area contributed by atoms with E-state index in [0.29, 0.717) is 43.5 Å². The molecule has 6 rings (SSSR count). The lowest BCUT2D eigenvalue weighted by Gasteiger charge is -2.29. The molecule has 4 aromatic carbocycles. The fraction of sp³-hybridized carbons (Fsp3) is 0.333. The van der Waals surface area contributed by atoms with Gasteiger partial charge in [-0.2, -0.15) is 0 Å². The summed E-state index contributed by atoms with van der Waals surface area (Å²) >= 11 is 11.5. The van der Waals surface area contributed by atoms with Gasteiger partial charge in [0.2, 0.25) is 20.0 Å². The molecule has 51 heavy (non-hydrogen) atoms. The lowest BCUT2D eigenvalue weighted by atomic mass is 9.81. The summed E-state index contributed by atoms with van der Waals surface area (Å²) in [5.74, 6) is -0.218. The molecule has 6 N–H and O–H groups in total. The Morgan fingerprint density at radius 1 is 0.549 bits per heavy atom. The normalized spacial score (nSPS) is 21.0. The van der Waals surface area contributed by atoms with Crippen LogP contribution in [-0.4, -0.2) is 49.3 Å². The van der Waals surface area contributed by atoms with Crippen molar-refractivity contribution in [2.24, 2.45) is 0 Å². The minimum atomic E-state index is -3.78. The zero-order valence-electron chi connectivity index (χ0n) is 27.3. The standard InChI is InChI=1S/C18H19ClFNO4S.C18H20ClNO4S/c19-16-10-14(6-8-17(16)20)26(24,25)21-12-3-1-11(2-4-12)15-7-5-13(22)9-18(15)23;19-13-3-8-16(9-4-13)25(23,24)20-14-5-1-12(2-6-14)17-10-7-15(21)11-18(17)22/h5-12,21-23H,1-4H2;3-4,7-12,14,20-22H,1-2,5-6H2/t11-,12+;12-,14+. The van der Waals surface area contributed by atoms with Crippen LogP contribution in [0.5, 0.6) is 23.0 Å². The second-order valence-corrected chi connectivity index (χ2v) is 17.1. The van der Waals surface area contributed by atoms with Gasteiger partial charge in [0.15, 0.2) is 0 Å². The van der Waals surface area contributed by atoms with Crippen LogP contribution in [0, 0.1) is 5.82 Å². The van der Waals surface area contributed by atoms with Crippen LogP contribution in [0.2, 0.25) is 10.0 Å². The number of phenolic OH excluding ortho intramolecular Hbond substituents is 4. The Hall–Kier alpha value is -3.59. The third-order valence-corrected chi connectivity index (χ3v) is 12.9. The summed E-state index contributed by atoms with van der Waals surface area (Å²) < 4.78 is 68.4. The molecule has 0 aromatic heterocycles. The summed E-state index contributed by atoms with van der Waals surface area (Å²) in [5.41, 5.74) is 1.56. The van der Waals surface area contributed by atoms with Gasteiger partial charge in [-0.1, -0.05) is 35.3 Å². The zero-order valence-corrected chi connectivity index (χ0v) is 30.5. The van der Waals surface area contributed by atoms with Crippen molar-refractivity contribution in [1.29, 1.82) is 0 Å². The molecule has 2 aliphatic carbocycles. The first-order valence-electron chi connectivity index (χ1n) is 16.4. The molecule has 0 bridgehead atoms. The average Bonchev–Trinajstić information content (AvgIpc) is 3.07. The number of sulfonamides is 2. The second-order valence-electron chi connectivity index (χ2n) is 12.9. The molecule has 0 atom stereocenters. The molecule has 0 unspecified atom stereocenters. The molecular weight excluding hydrogens is 742 g/mol. The van der Waals surface area contributed by atoms with E-state index in [1.807, 2.05) is 0 Å². The molecule has 0 amide bonds. The molecule has 0 aliphatic heterocycles. The van der Waals surface area contributed by atoms with Crippen molar-refractivity contribution in [2.75, 3.05) is 0 Å². The van der Waals surface area contributed by atoms with Crippen molar-refractivity contribution in [3.8, 4) is 23.0 Å². The van der Waals surface area contributed by atoms with Crippen molar-refractivity contribution in [3.63, 3.8) is 0 Å². The van der Waals surface area contributed by atoms with Crippen LogP contribution in [0.25, 0.3) is 0 Å². The lowest BCUT2D eigenvalue weighted by molar-refractivity contribution is 0.362. The highest BCUT2D eigenvalue weighted by atomic mass is 35.5. The largest absolute Gasteiger partial charge is 0.508 e. The molecule has 2 saturated carbocycles. The minimum Gasteiger partial charge on any atom is -0.508 e. The molecule has 10 nitrogen and oxygen atoms in total. The Morgan fingerprint density at radius 3 is 1.37 bits per heavy atom. The Labute approximate surface area is 307 Å². The van der Waals surface area contributed by atoms with Crippen LogP contribution in [0.3, 0.4) is 0 Å². The molecule has 0 radical (unpaired) electrons. The van der Waals surface area contributed by atoms with Crippen LogP contribution in [0.15, 0.2) is 88.7 Å². The van der Waals surface area contributed by atoms with Crippen LogP contribution in [0.4, 0.5) is 4.39 Å². The fourth-order valence-corrected chi connectivity index (χ4v) is 9.64. The summed E-state index contributed by atoms with van der Waals surface area (Å²) in [6, 6.07) is 18.2. The van der Waals surface area contributed by atoms with Crippen molar-refractivity contribution >= 4 is 43.2 Å². The van der Waals surface area contributed by atoms with E-state index in [2.05, 4.69) is 9.44 Å². The number of phenols is 4. The number of halogens is 3. The highest BCUT2D eigenvalue weighted by Crippen LogP contribution is 2.40. The van der Waals surface area contributed by atoms with E-state index in [9.17, 15) is 41.7 Å². The van der Waals surface area contributed by atoms with Gasteiger partial charge in [0.1, 0.15) is 28.8 Å². The van der Waals surface area contributed by atoms with Gasteiger partial charge in [-0.25, -0.2) is 30.7 Å². The zero-order chi connectivity index (χ0) is 36.9. The van der Waals surface area contributed by atoms with Crippen molar-refractivity contribution in [2.45, 2.75) is 85.1 Å². The maximum Gasteiger partial charge on any atom is 0.240 e. The summed E-state index contributed by atoms with van der Waals surface area (Å²) in [4.78, 5) is 0.136. The Bertz CT molecular complexity index is 2050. The molecule has 2 fully saturated rings. The maximum atomic E-state index is 13.2. The van der Waals surface area contributed by atoms with Crippen molar-refractivity contribution < 1.29 is 41.7 Å². The number of nitrogens with one attached hydrogen (secondary N) is 2. The molecule has 274 valence electrons. The van der Waals surface area contributed by atoms with Crippen LogP contribution in [-0.2, 0) is 20.0 Å². The SMILES string of the molecule is O=S(=O)(N[C@H]1CC[C@@H](c2ccc(O)cc2O)CC1)c1ccc(Cl)cc1.O=S(=O)(N[C@H]1CC[C@@H](c2ccc(O)cc2O)CC1)c1ccc(F)c(Cl)c1. The number of benzene rings is 4.